The lowest BCUT2D eigenvalue weighted by molar-refractivity contribution is -0.145. The second-order valence-corrected chi connectivity index (χ2v) is 5.64. The number of hydrogen-bond donors (Lipinski definition) is 2. The fourth-order valence-corrected chi connectivity index (χ4v) is 2.77. The van der Waals surface area contributed by atoms with E-state index in [2.05, 4.69) is 26.6 Å². The van der Waals surface area contributed by atoms with E-state index >= 15 is 0 Å². The molecular formula is C14H12BrClN2O5. The summed E-state index contributed by atoms with van der Waals surface area (Å²) in [5.41, 5.74) is 0.677. The van der Waals surface area contributed by atoms with Crippen molar-refractivity contribution in [3.05, 3.63) is 32.9 Å². The van der Waals surface area contributed by atoms with Gasteiger partial charge in [-0.25, -0.2) is 9.59 Å². The Morgan fingerprint density at radius 2 is 2.09 bits per heavy atom. The van der Waals surface area contributed by atoms with Gasteiger partial charge in [-0.3, -0.25) is 10.1 Å². The minimum atomic E-state index is -0.583. The molecular weight excluding hydrogens is 392 g/mol. The predicted molar refractivity (Wildman–Crippen MR) is 85.9 cm³/mol. The third-order valence-corrected chi connectivity index (χ3v) is 3.56. The maximum absolute atomic E-state index is 11.5. The molecule has 2 rings (SSSR count). The summed E-state index contributed by atoms with van der Waals surface area (Å²) in [6, 6.07) is 2.59. The molecule has 3 amide bonds. The number of benzene rings is 1. The molecule has 0 aliphatic carbocycles. The van der Waals surface area contributed by atoms with Gasteiger partial charge in [-0.1, -0.05) is 11.6 Å². The molecule has 7 nitrogen and oxygen atoms in total. The number of imide groups is 1. The van der Waals surface area contributed by atoms with Gasteiger partial charge in [0.15, 0.2) is 12.4 Å². The van der Waals surface area contributed by atoms with E-state index in [0.29, 0.717) is 10.0 Å². The number of hydrogen-bond acceptors (Lipinski definition) is 5. The zero-order valence-electron chi connectivity index (χ0n) is 11.9. The van der Waals surface area contributed by atoms with Crippen molar-refractivity contribution in [3.63, 3.8) is 0 Å². The zero-order chi connectivity index (χ0) is 17.0. The molecule has 0 radical (unpaired) electrons. The molecule has 1 saturated heterocycles. The first-order valence-electron chi connectivity index (χ1n) is 6.52. The van der Waals surface area contributed by atoms with E-state index in [-0.39, 0.29) is 29.7 Å². The molecule has 0 bridgehead atoms. The van der Waals surface area contributed by atoms with Crippen molar-refractivity contribution in [2.24, 2.45) is 0 Å². The molecule has 23 heavy (non-hydrogen) atoms. The quantitative estimate of drug-likeness (QED) is 0.447. The molecule has 1 aromatic carbocycles. The van der Waals surface area contributed by atoms with E-state index < -0.39 is 17.9 Å². The molecule has 1 fully saturated rings. The van der Waals surface area contributed by atoms with Gasteiger partial charge in [0.2, 0.25) is 0 Å². The van der Waals surface area contributed by atoms with Crippen LogP contribution in [0.25, 0.3) is 6.08 Å². The van der Waals surface area contributed by atoms with Crippen molar-refractivity contribution < 1.29 is 23.9 Å². The molecule has 2 N–H and O–H groups in total. The summed E-state index contributed by atoms with van der Waals surface area (Å²) in [7, 11) is 0. The maximum Gasteiger partial charge on any atom is 0.344 e. The van der Waals surface area contributed by atoms with Gasteiger partial charge in [0, 0.05) is 0 Å². The highest BCUT2D eigenvalue weighted by Crippen LogP contribution is 2.35. The third kappa shape index (κ3) is 4.46. The summed E-state index contributed by atoms with van der Waals surface area (Å²) in [4.78, 5) is 33.8. The number of amides is 3. The third-order valence-electron chi connectivity index (χ3n) is 2.69. The van der Waals surface area contributed by atoms with Gasteiger partial charge in [-0.05, 0) is 46.6 Å². The molecule has 0 aromatic heterocycles. The van der Waals surface area contributed by atoms with Crippen molar-refractivity contribution in [2.75, 3.05) is 13.2 Å². The van der Waals surface area contributed by atoms with Gasteiger partial charge < -0.3 is 14.8 Å². The largest absolute Gasteiger partial charge is 0.479 e. The Bertz CT molecular complexity index is 681. The number of halogens is 2. The normalized spacial score (nSPS) is 15.3. The monoisotopic (exact) mass is 402 g/mol. The Morgan fingerprint density at radius 1 is 1.35 bits per heavy atom. The predicted octanol–water partition coefficient (Wildman–Crippen LogP) is 2.22. The fraction of sp³-hybridized carbons (Fsp3) is 0.214. The number of rotatable bonds is 5. The Kier molecular flexibility index (Phi) is 5.62. The average molecular weight is 404 g/mol. The first kappa shape index (κ1) is 17.3. The summed E-state index contributed by atoms with van der Waals surface area (Å²) >= 11 is 9.41. The van der Waals surface area contributed by atoms with Crippen LogP contribution < -0.4 is 15.4 Å². The summed E-state index contributed by atoms with van der Waals surface area (Å²) in [5.74, 6) is -0.751. The standard InChI is InChI=1S/C14H12BrClN2O5/c1-2-22-11(19)6-23-12-8(15)3-7(4-9(12)16)5-10-13(20)18-14(21)17-10/h3-5H,2,6H2,1H3,(H2,17,18,20,21)/b10-5-. The van der Waals surface area contributed by atoms with Crippen LogP contribution in [0.4, 0.5) is 4.79 Å². The van der Waals surface area contributed by atoms with E-state index in [0.717, 1.165) is 0 Å². The SMILES string of the molecule is CCOC(=O)COc1c(Cl)cc(/C=C2\NC(=O)NC2=O)cc1Br. The van der Waals surface area contributed by atoms with Crippen LogP contribution in [0.2, 0.25) is 5.02 Å². The summed E-state index contributed by atoms with van der Waals surface area (Å²) in [6.07, 6.45) is 1.46. The molecule has 1 aliphatic rings. The number of urea groups is 1. The van der Waals surface area contributed by atoms with Gasteiger partial charge in [0.05, 0.1) is 16.1 Å². The molecule has 9 heteroatoms. The van der Waals surface area contributed by atoms with Gasteiger partial charge in [0.25, 0.3) is 5.91 Å². The number of carbonyl (C=O) groups excluding carboxylic acids is 3. The van der Waals surface area contributed by atoms with Gasteiger partial charge in [0.1, 0.15) is 5.70 Å². The molecule has 122 valence electrons. The van der Waals surface area contributed by atoms with Crippen molar-refractivity contribution in [3.8, 4) is 5.75 Å². The molecule has 0 saturated carbocycles. The maximum atomic E-state index is 11.5. The Balaban J connectivity index is 2.17. The number of ether oxygens (including phenoxy) is 2. The Morgan fingerprint density at radius 3 is 2.65 bits per heavy atom. The summed E-state index contributed by atoms with van der Waals surface area (Å²) in [6.45, 7) is 1.68. The average Bonchev–Trinajstić information content (AvgIpc) is 2.76. The van der Waals surface area contributed by atoms with Crippen molar-refractivity contribution in [2.45, 2.75) is 6.92 Å². The van der Waals surface area contributed by atoms with Crippen LogP contribution in [-0.2, 0) is 14.3 Å². The number of nitrogens with one attached hydrogen (secondary N) is 2. The van der Waals surface area contributed by atoms with Crippen LogP contribution in [0.15, 0.2) is 22.3 Å². The van der Waals surface area contributed by atoms with Gasteiger partial charge in [-0.2, -0.15) is 0 Å². The van der Waals surface area contributed by atoms with Gasteiger partial charge >= 0.3 is 12.0 Å². The van der Waals surface area contributed by atoms with E-state index in [4.69, 9.17) is 21.1 Å². The Hall–Kier alpha value is -2.06. The van der Waals surface area contributed by atoms with Crippen molar-refractivity contribution in [1.82, 2.24) is 10.6 Å². The van der Waals surface area contributed by atoms with Crippen molar-refractivity contribution >= 4 is 51.5 Å². The van der Waals surface area contributed by atoms with E-state index in [1.807, 2.05) is 0 Å². The number of carbonyl (C=O) groups is 3. The van der Waals surface area contributed by atoms with E-state index in [1.54, 1.807) is 13.0 Å². The van der Waals surface area contributed by atoms with Crippen LogP contribution in [0.1, 0.15) is 12.5 Å². The topological polar surface area (TPSA) is 93.7 Å². The molecule has 0 spiro atoms. The first-order valence-corrected chi connectivity index (χ1v) is 7.69. The smallest absolute Gasteiger partial charge is 0.344 e. The highest BCUT2D eigenvalue weighted by molar-refractivity contribution is 9.10. The highest BCUT2D eigenvalue weighted by Gasteiger charge is 2.23. The zero-order valence-corrected chi connectivity index (χ0v) is 14.3. The molecule has 1 aromatic rings. The lowest BCUT2D eigenvalue weighted by atomic mass is 10.2. The molecule has 0 unspecified atom stereocenters. The number of esters is 1. The second kappa shape index (κ2) is 7.47. The molecule has 0 atom stereocenters. The van der Waals surface area contributed by atoms with Crippen LogP contribution >= 0.6 is 27.5 Å². The van der Waals surface area contributed by atoms with Crippen molar-refractivity contribution in [1.29, 1.82) is 0 Å². The van der Waals surface area contributed by atoms with Crippen LogP contribution in [0, 0.1) is 0 Å². The van der Waals surface area contributed by atoms with Crippen LogP contribution in [-0.4, -0.2) is 31.1 Å². The molecule has 1 heterocycles. The summed E-state index contributed by atoms with van der Waals surface area (Å²) < 4.78 is 10.6. The van der Waals surface area contributed by atoms with E-state index in [1.165, 1.54) is 12.1 Å². The van der Waals surface area contributed by atoms with Gasteiger partial charge in [-0.15, -0.1) is 0 Å². The summed E-state index contributed by atoms with van der Waals surface area (Å²) in [5, 5.41) is 4.70. The highest BCUT2D eigenvalue weighted by atomic mass is 79.9. The fourth-order valence-electron chi connectivity index (χ4n) is 1.78. The first-order chi connectivity index (χ1) is 10.9. The minimum Gasteiger partial charge on any atom is -0.479 e. The molecule has 1 aliphatic heterocycles. The second-order valence-electron chi connectivity index (χ2n) is 4.37. The Labute approximate surface area is 145 Å². The van der Waals surface area contributed by atoms with Crippen LogP contribution in [0.3, 0.4) is 0 Å². The minimum absolute atomic E-state index is 0.109. The van der Waals surface area contributed by atoms with Crippen LogP contribution in [0.5, 0.6) is 5.75 Å². The van der Waals surface area contributed by atoms with E-state index in [9.17, 15) is 14.4 Å². The lowest BCUT2D eigenvalue weighted by Crippen LogP contribution is -2.22. The lowest BCUT2D eigenvalue weighted by Gasteiger charge is -2.10.